The number of H-pyrrole nitrogens is 1. The molecule has 23 heavy (non-hydrogen) atoms. The van der Waals surface area contributed by atoms with Crippen molar-refractivity contribution in [3.8, 4) is 0 Å². The van der Waals surface area contributed by atoms with Crippen LogP contribution >= 0.6 is 0 Å². The van der Waals surface area contributed by atoms with Gasteiger partial charge in [0.1, 0.15) is 0 Å². The number of carboxylic acid groups (broad SMARTS) is 1. The van der Waals surface area contributed by atoms with Gasteiger partial charge in [0.2, 0.25) is 0 Å². The number of aromatic carboxylic acids is 1. The summed E-state index contributed by atoms with van der Waals surface area (Å²) in [6.07, 6.45) is 6.26. The Morgan fingerprint density at radius 1 is 1.00 bits per heavy atom. The van der Waals surface area contributed by atoms with Gasteiger partial charge in [-0.1, -0.05) is 12.1 Å². The van der Waals surface area contributed by atoms with Gasteiger partial charge in [-0.3, -0.25) is 9.97 Å². The molecular formula is C16H12CuN4O2. The fraction of sp³-hybridized carbons (Fsp3) is 0. The fourth-order valence-electron chi connectivity index (χ4n) is 2.07. The summed E-state index contributed by atoms with van der Waals surface area (Å²) in [5, 5.41) is 10.5. The van der Waals surface area contributed by atoms with E-state index in [4.69, 9.17) is 5.11 Å². The Balaban J connectivity index is 0.000000185. The standard InChI is InChI=1S/C12H8N2.C4H4N2O2.Cu/c1-3-9-5-6-11-10(4-2-7-13-11)12(9)14-8-1;7-4(8)3-1-5-2-6-3;/h1-8H;1-2H,(H,5,6)(H,7,8);. The molecule has 0 saturated carbocycles. The molecule has 1 aromatic carbocycles. The first kappa shape index (κ1) is 16.6. The molecule has 4 rings (SSSR count). The van der Waals surface area contributed by atoms with Crippen molar-refractivity contribution in [2.75, 3.05) is 0 Å². The van der Waals surface area contributed by atoms with Crippen LogP contribution in [0.2, 0.25) is 0 Å². The minimum absolute atomic E-state index is 0. The topological polar surface area (TPSA) is 91.8 Å². The predicted octanol–water partition coefficient (Wildman–Crippen LogP) is 2.89. The van der Waals surface area contributed by atoms with E-state index in [-0.39, 0.29) is 22.8 Å². The van der Waals surface area contributed by atoms with Crippen molar-refractivity contribution in [3.63, 3.8) is 0 Å². The summed E-state index contributed by atoms with van der Waals surface area (Å²) in [5.74, 6) is -1.01. The molecule has 0 aliphatic heterocycles. The molecule has 119 valence electrons. The molecule has 0 fully saturated rings. The van der Waals surface area contributed by atoms with E-state index >= 15 is 0 Å². The summed E-state index contributed by atoms with van der Waals surface area (Å²) >= 11 is 0. The third kappa shape index (κ3) is 3.71. The molecule has 0 bridgehead atoms. The fourth-order valence-corrected chi connectivity index (χ4v) is 2.07. The van der Waals surface area contributed by atoms with Crippen molar-refractivity contribution in [1.29, 1.82) is 0 Å². The van der Waals surface area contributed by atoms with Crippen molar-refractivity contribution >= 4 is 27.8 Å². The second-order valence-corrected chi connectivity index (χ2v) is 4.47. The third-order valence-corrected chi connectivity index (χ3v) is 3.07. The Hall–Kier alpha value is -2.76. The van der Waals surface area contributed by atoms with Crippen LogP contribution < -0.4 is 0 Å². The number of hydrogen-bond donors (Lipinski definition) is 2. The van der Waals surface area contributed by atoms with E-state index in [9.17, 15) is 4.79 Å². The summed E-state index contributed by atoms with van der Waals surface area (Å²) in [6, 6.07) is 12.1. The third-order valence-electron chi connectivity index (χ3n) is 3.07. The van der Waals surface area contributed by atoms with E-state index < -0.39 is 5.97 Å². The Morgan fingerprint density at radius 3 is 2.48 bits per heavy atom. The van der Waals surface area contributed by atoms with E-state index in [1.54, 1.807) is 6.20 Å². The number of fused-ring (bicyclic) bond motifs is 3. The number of nitrogens with one attached hydrogen (secondary N) is 1. The largest absolute Gasteiger partial charge is 0.476 e. The summed E-state index contributed by atoms with van der Waals surface area (Å²) < 4.78 is 0. The van der Waals surface area contributed by atoms with Crippen LogP contribution in [0.3, 0.4) is 0 Å². The molecule has 0 amide bonds. The Bertz CT molecular complexity index is 871. The molecule has 0 saturated heterocycles. The van der Waals surface area contributed by atoms with Gasteiger partial charge in [0.15, 0.2) is 5.69 Å². The summed E-state index contributed by atoms with van der Waals surface area (Å²) in [6.45, 7) is 0. The average molecular weight is 356 g/mol. The van der Waals surface area contributed by atoms with Crippen LogP contribution in [0, 0.1) is 0 Å². The van der Waals surface area contributed by atoms with Gasteiger partial charge >= 0.3 is 5.97 Å². The van der Waals surface area contributed by atoms with E-state index in [0.29, 0.717) is 0 Å². The Kier molecular flexibility index (Phi) is 5.41. The Morgan fingerprint density at radius 2 is 1.78 bits per heavy atom. The smallest absolute Gasteiger partial charge is 0.356 e. The van der Waals surface area contributed by atoms with E-state index in [1.165, 1.54) is 12.5 Å². The van der Waals surface area contributed by atoms with Gasteiger partial charge in [-0.15, -0.1) is 0 Å². The van der Waals surface area contributed by atoms with Crippen LogP contribution in [-0.2, 0) is 17.1 Å². The van der Waals surface area contributed by atoms with Gasteiger partial charge in [-0.25, -0.2) is 9.78 Å². The zero-order chi connectivity index (χ0) is 15.4. The van der Waals surface area contributed by atoms with Crippen LogP contribution in [0.4, 0.5) is 0 Å². The number of hydrogen-bond acceptors (Lipinski definition) is 4. The molecule has 4 aromatic rings. The van der Waals surface area contributed by atoms with Crippen LogP contribution in [0.25, 0.3) is 21.8 Å². The average Bonchev–Trinajstić information content (AvgIpc) is 3.10. The molecule has 0 atom stereocenters. The zero-order valence-electron chi connectivity index (χ0n) is 11.8. The molecule has 6 nitrogen and oxygen atoms in total. The summed E-state index contributed by atoms with van der Waals surface area (Å²) in [4.78, 5) is 24.6. The molecule has 7 heteroatoms. The van der Waals surface area contributed by atoms with Crippen molar-refractivity contribution in [1.82, 2.24) is 19.9 Å². The van der Waals surface area contributed by atoms with Crippen LogP contribution in [-0.4, -0.2) is 31.0 Å². The summed E-state index contributed by atoms with van der Waals surface area (Å²) in [7, 11) is 0. The second kappa shape index (κ2) is 7.49. The number of pyridine rings is 2. The molecule has 0 unspecified atom stereocenters. The quantitative estimate of drug-likeness (QED) is 0.404. The molecule has 0 spiro atoms. The number of carboxylic acids is 1. The molecule has 2 N–H and O–H groups in total. The van der Waals surface area contributed by atoms with E-state index in [1.807, 2.05) is 24.4 Å². The first-order valence-corrected chi connectivity index (χ1v) is 6.56. The number of rotatable bonds is 1. The number of imidazole rings is 1. The van der Waals surface area contributed by atoms with Crippen LogP contribution in [0.15, 0.2) is 61.3 Å². The SMILES string of the molecule is O=C(O)c1c[nH]cn1.[Cu].c1cnc2c(c1)ccc1ncccc12. The maximum Gasteiger partial charge on any atom is 0.356 e. The maximum absolute atomic E-state index is 9.98. The van der Waals surface area contributed by atoms with E-state index in [2.05, 4.69) is 38.1 Å². The zero-order valence-corrected chi connectivity index (χ0v) is 12.7. The summed E-state index contributed by atoms with van der Waals surface area (Å²) in [5.41, 5.74) is 2.07. The number of nitrogens with zero attached hydrogens (tertiary/aromatic N) is 3. The van der Waals surface area contributed by atoms with Crippen molar-refractivity contribution in [2.24, 2.45) is 0 Å². The molecule has 0 aliphatic rings. The van der Waals surface area contributed by atoms with Gasteiger partial charge in [0.05, 0.1) is 17.4 Å². The number of carbonyl (C=O) groups is 1. The van der Waals surface area contributed by atoms with Crippen molar-refractivity contribution in [2.45, 2.75) is 0 Å². The minimum atomic E-state index is -1.01. The monoisotopic (exact) mass is 355 g/mol. The molecule has 0 aliphatic carbocycles. The van der Waals surface area contributed by atoms with Crippen molar-refractivity contribution < 1.29 is 27.0 Å². The first-order valence-electron chi connectivity index (χ1n) is 6.56. The van der Waals surface area contributed by atoms with E-state index in [0.717, 1.165) is 21.8 Å². The normalized spacial score (nSPS) is 9.74. The van der Waals surface area contributed by atoms with Crippen molar-refractivity contribution in [3.05, 3.63) is 67.0 Å². The maximum atomic E-state index is 9.98. The van der Waals surface area contributed by atoms with Gasteiger partial charge in [0, 0.05) is 46.4 Å². The molecule has 3 heterocycles. The minimum Gasteiger partial charge on any atom is -0.476 e. The van der Waals surface area contributed by atoms with Gasteiger partial charge in [0.25, 0.3) is 0 Å². The Labute approximate surface area is 142 Å². The number of aromatic amines is 1. The van der Waals surface area contributed by atoms with Crippen LogP contribution in [0.5, 0.6) is 0 Å². The van der Waals surface area contributed by atoms with Gasteiger partial charge < -0.3 is 10.1 Å². The molecular weight excluding hydrogens is 344 g/mol. The molecule has 1 radical (unpaired) electrons. The predicted molar refractivity (Wildman–Crippen MR) is 82.6 cm³/mol. The van der Waals surface area contributed by atoms with Gasteiger partial charge in [-0.2, -0.15) is 0 Å². The first-order chi connectivity index (χ1) is 10.8. The second-order valence-electron chi connectivity index (χ2n) is 4.47. The van der Waals surface area contributed by atoms with Crippen LogP contribution in [0.1, 0.15) is 10.5 Å². The number of benzene rings is 1. The molecule has 3 aromatic heterocycles. The number of aromatic nitrogens is 4. The van der Waals surface area contributed by atoms with Gasteiger partial charge in [-0.05, 0) is 24.3 Å².